The standard InChI is InChI=1S/C10H15N5O3/c1-2-3-10(9(17)18)4-5-15(6-10)8(16)7-11-13-14-12-7/h2-6H2,1H3,(H,17,18)(H,11,12,13,14). The number of H-pyrrole nitrogens is 1. The van der Waals surface area contributed by atoms with Gasteiger partial charge in [0.15, 0.2) is 0 Å². The van der Waals surface area contributed by atoms with Gasteiger partial charge in [0.25, 0.3) is 11.7 Å². The lowest BCUT2D eigenvalue weighted by Gasteiger charge is -2.23. The van der Waals surface area contributed by atoms with E-state index in [1.165, 1.54) is 4.90 Å². The zero-order chi connectivity index (χ0) is 13.2. The smallest absolute Gasteiger partial charge is 0.311 e. The van der Waals surface area contributed by atoms with E-state index in [-0.39, 0.29) is 18.3 Å². The van der Waals surface area contributed by atoms with E-state index in [1.54, 1.807) is 0 Å². The molecule has 1 aromatic rings. The van der Waals surface area contributed by atoms with Crippen LogP contribution >= 0.6 is 0 Å². The molecule has 1 saturated heterocycles. The molecule has 0 radical (unpaired) electrons. The molecule has 1 unspecified atom stereocenters. The van der Waals surface area contributed by atoms with Gasteiger partial charge in [-0.1, -0.05) is 13.3 Å². The van der Waals surface area contributed by atoms with Crippen molar-refractivity contribution >= 4 is 11.9 Å². The Bertz CT molecular complexity index is 446. The fourth-order valence-electron chi connectivity index (χ4n) is 2.40. The number of aromatic amines is 1. The summed E-state index contributed by atoms with van der Waals surface area (Å²) in [4.78, 5) is 24.8. The third kappa shape index (κ3) is 2.05. The van der Waals surface area contributed by atoms with Gasteiger partial charge in [-0.25, -0.2) is 0 Å². The topological polar surface area (TPSA) is 112 Å². The monoisotopic (exact) mass is 253 g/mol. The molecular weight excluding hydrogens is 238 g/mol. The minimum atomic E-state index is -0.840. The first kappa shape index (κ1) is 12.5. The maximum atomic E-state index is 12.0. The molecule has 0 aliphatic carbocycles. The normalized spacial score (nSPS) is 23.3. The zero-order valence-electron chi connectivity index (χ0n) is 10.1. The van der Waals surface area contributed by atoms with Crippen LogP contribution in [0.2, 0.25) is 0 Å². The van der Waals surface area contributed by atoms with Crippen LogP contribution in [0.25, 0.3) is 0 Å². The second-order valence-corrected chi connectivity index (χ2v) is 4.55. The van der Waals surface area contributed by atoms with Crippen molar-refractivity contribution in [2.75, 3.05) is 13.1 Å². The summed E-state index contributed by atoms with van der Waals surface area (Å²) in [5, 5.41) is 22.1. The van der Waals surface area contributed by atoms with Crippen molar-refractivity contribution in [2.45, 2.75) is 26.2 Å². The molecule has 1 aliphatic heterocycles. The Morgan fingerprint density at radius 2 is 2.33 bits per heavy atom. The van der Waals surface area contributed by atoms with E-state index >= 15 is 0 Å². The molecule has 0 aromatic carbocycles. The number of tetrazole rings is 1. The van der Waals surface area contributed by atoms with Crippen molar-refractivity contribution in [1.29, 1.82) is 0 Å². The molecule has 0 bridgehead atoms. The summed E-state index contributed by atoms with van der Waals surface area (Å²) >= 11 is 0. The Morgan fingerprint density at radius 3 is 2.89 bits per heavy atom. The van der Waals surface area contributed by atoms with Crippen LogP contribution in [0.3, 0.4) is 0 Å². The highest BCUT2D eigenvalue weighted by Crippen LogP contribution is 2.35. The Hall–Kier alpha value is -1.99. The van der Waals surface area contributed by atoms with Crippen molar-refractivity contribution in [3.63, 3.8) is 0 Å². The van der Waals surface area contributed by atoms with Crippen molar-refractivity contribution in [3.8, 4) is 0 Å². The summed E-state index contributed by atoms with van der Waals surface area (Å²) in [5.41, 5.74) is -0.825. The van der Waals surface area contributed by atoms with E-state index in [0.29, 0.717) is 19.4 Å². The number of nitrogens with one attached hydrogen (secondary N) is 1. The lowest BCUT2D eigenvalue weighted by atomic mass is 9.83. The van der Waals surface area contributed by atoms with Gasteiger partial charge in [0, 0.05) is 13.1 Å². The van der Waals surface area contributed by atoms with E-state index in [4.69, 9.17) is 0 Å². The number of aliphatic carboxylic acids is 1. The third-order valence-electron chi connectivity index (χ3n) is 3.36. The van der Waals surface area contributed by atoms with Crippen molar-refractivity contribution in [2.24, 2.45) is 5.41 Å². The Labute approximate surface area is 103 Å². The molecule has 18 heavy (non-hydrogen) atoms. The lowest BCUT2D eigenvalue weighted by Crippen LogP contribution is -2.37. The average molecular weight is 253 g/mol. The quantitative estimate of drug-likeness (QED) is 0.776. The number of hydrogen-bond donors (Lipinski definition) is 2. The third-order valence-corrected chi connectivity index (χ3v) is 3.36. The number of carbonyl (C=O) groups is 2. The van der Waals surface area contributed by atoms with Gasteiger partial charge in [0.05, 0.1) is 5.41 Å². The molecule has 8 heteroatoms. The number of carboxylic acid groups (broad SMARTS) is 1. The van der Waals surface area contributed by atoms with Crippen molar-refractivity contribution in [3.05, 3.63) is 5.82 Å². The second-order valence-electron chi connectivity index (χ2n) is 4.55. The largest absolute Gasteiger partial charge is 0.481 e. The molecular formula is C10H15N5O3. The van der Waals surface area contributed by atoms with Crippen LogP contribution in [-0.2, 0) is 4.79 Å². The average Bonchev–Trinajstić information content (AvgIpc) is 2.98. The predicted octanol–water partition coefficient (Wildman–Crippen LogP) is -0.0833. The number of rotatable bonds is 4. The van der Waals surface area contributed by atoms with Gasteiger partial charge in [0.2, 0.25) is 0 Å². The molecule has 1 amide bonds. The summed E-state index contributed by atoms with van der Waals surface area (Å²) in [6.07, 6.45) is 1.81. The first-order chi connectivity index (χ1) is 8.59. The van der Waals surface area contributed by atoms with Crippen LogP contribution in [0, 0.1) is 5.41 Å². The van der Waals surface area contributed by atoms with Gasteiger partial charge in [-0.3, -0.25) is 9.59 Å². The SMILES string of the molecule is CCCC1(C(=O)O)CCN(C(=O)c2nn[nH]n2)C1. The fourth-order valence-corrected chi connectivity index (χ4v) is 2.40. The Morgan fingerprint density at radius 1 is 1.56 bits per heavy atom. The van der Waals surface area contributed by atoms with Crippen molar-refractivity contribution in [1.82, 2.24) is 25.5 Å². The summed E-state index contributed by atoms with van der Waals surface area (Å²) in [6, 6.07) is 0. The van der Waals surface area contributed by atoms with Gasteiger partial charge in [-0.15, -0.1) is 10.2 Å². The number of likely N-dealkylation sites (tertiary alicyclic amines) is 1. The maximum Gasteiger partial charge on any atom is 0.311 e. The van der Waals surface area contributed by atoms with E-state index in [9.17, 15) is 14.7 Å². The molecule has 8 nitrogen and oxygen atoms in total. The highest BCUT2D eigenvalue weighted by molar-refractivity contribution is 5.91. The van der Waals surface area contributed by atoms with Crippen LogP contribution in [0.15, 0.2) is 0 Å². The number of carbonyl (C=O) groups excluding carboxylic acids is 1. The second kappa shape index (κ2) is 4.71. The first-order valence-corrected chi connectivity index (χ1v) is 5.85. The summed E-state index contributed by atoms with van der Waals surface area (Å²) < 4.78 is 0. The minimum Gasteiger partial charge on any atom is -0.481 e. The van der Waals surface area contributed by atoms with Gasteiger partial charge < -0.3 is 10.0 Å². The lowest BCUT2D eigenvalue weighted by molar-refractivity contribution is -0.148. The molecule has 2 heterocycles. The van der Waals surface area contributed by atoms with Crippen LogP contribution < -0.4 is 0 Å². The first-order valence-electron chi connectivity index (χ1n) is 5.85. The number of hydrogen-bond acceptors (Lipinski definition) is 5. The maximum absolute atomic E-state index is 12.0. The summed E-state index contributed by atoms with van der Waals surface area (Å²) in [7, 11) is 0. The Balaban J connectivity index is 2.11. The van der Waals surface area contributed by atoms with Crippen LogP contribution in [0.5, 0.6) is 0 Å². The molecule has 98 valence electrons. The molecule has 1 aromatic heterocycles. The van der Waals surface area contributed by atoms with E-state index in [0.717, 1.165) is 6.42 Å². The van der Waals surface area contributed by atoms with Gasteiger partial charge >= 0.3 is 5.97 Å². The van der Waals surface area contributed by atoms with Crippen LogP contribution in [0.4, 0.5) is 0 Å². The number of carboxylic acids is 1. The molecule has 0 saturated carbocycles. The molecule has 0 spiro atoms. The molecule has 1 fully saturated rings. The molecule has 1 atom stereocenters. The predicted molar refractivity (Wildman–Crippen MR) is 59.7 cm³/mol. The van der Waals surface area contributed by atoms with E-state index in [2.05, 4.69) is 20.6 Å². The highest BCUT2D eigenvalue weighted by atomic mass is 16.4. The number of amides is 1. The number of aromatic nitrogens is 4. The highest BCUT2D eigenvalue weighted by Gasteiger charge is 2.46. The van der Waals surface area contributed by atoms with Crippen LogP contribution in [-0.4, -0.2) is 55.6 Å². The van der Waals surface area contributed by atoms with Gasteiger partial charge in [-0.05, 0) is 18.1 Å². The summed E-state index contributed by atoms with van der Waals surface area (Å²) in [6.45, 7) is 2.57. The van der Waals surface area contributed by atoms with Gasteiger partial charge in [0.1, 0.15) is 0 Å². The fraction of sp³-hybridized carbons (Fsp3) is 0.700. The molecule has 1 aliphatic rings. The van der Waals surface area contributed by atoms with Crippen molar-refractivity contribution < 1.29 is 14.7 Å². The van der Waals surface area contributed by atoms with Crippen LogP contribution in [0.1, 0.15) is 36.8 Å². The summed E-state index contributed by atoms with van der Waals surface area (Å²) in [5.74, 6) is -1.23. The number of nitrogens with zero attached hydrogens (tertiary/aromatic N) is 4. The van der Waals surface area contributed by atoms with E-state index in [1.807, 2.05) is 6.92 Å². The van der Waals surface area contributed by atoms with Gasteiger partial charge in [-0.2, -0.15) is 5.21 Å². The Kier molecular flexibility index (Phi) is 3.26. The molecule has 2 rings (SSSR count). The minimum absolute atomic E-state index is 0.0207. The van der Waals surface area contributed by atoms with E-state index < -0.39 is 11.4 Å². The molecule has 2 N–H and O–H groups in total. The zero-order valence-corrected chi connectivity index (χ0v) is 10.1.